The van der Waals surface area contributed by atoms with Gasteiger partial charge in [0.2, 0.25) is 15.9 Å². The highest BCUT2D eigenvalue weighted by atomic mass is 35.5. The Hall–Kier alpha value is -2.05. The predicted molar refractivity (Wildman–Crippen MR) is 105 cm³/mol. The Morgan fingerprint density at radius 2 is 1.85 bits per heavy atom. The summed E-state index contributed by atoms with van der Waals surface area (Å²) >= 11 is 6.11. The molecule has 0 aliphatic carbocycles. The Morgan fingerprint density at radius 3 is 2.50 bits per heavy atom. The maximum atomic E-state index is 12.1. The summed E-state index contributed by atoms with van der Waals surface area (Å²) in [4.78, 5) is 12.1. The second-order valence-corrected chi connectivity index (χ2v) is 8.70. The molecule has 7 heteroatoms. The highest BCUT2D eigenvalue weighted by molar-refractivity contribution is 7.93. The fourth-order valence-corrected chi connectivity index (χ4v) is 4.80. The third kappa shape index (κ3) is 4.56. The number of sulfonamides is 1. The van der Waals surface area contributed by atoms with Crippen molar-refractivity contribution in [2.75, 3.05) is 21.9 Å². The van der Waals surface area contributed by atoms with Crippen LogP contribution in [0.2, 0.25) is 5.02 Å². The number of carbonyl (C=O) groups excluding carboxylic acids is 1. The Bertz CT molecular complexity index is 882. The highest BCUT2D eigenvalue weighted by Gasteiger charge is 2.28. The molecule has 1 fully saturated rings. The van der Waals surface area contributed by atoms with Crippen LogP contribution in [0.5, 0.6) is 0 Å². The molecule has 1 amide bonds. The molecule has 0 atom stereocenters. The third-order valence-corrected chi connectivity index (χ3v) is 6.58. The first-order chi connectivity index (χ1) is 12.5. The lowest BCUT2D eigenvalue weighted by atomic mass is 10.1. The number of anilines is 2. The summed E-state index contributed by atoms with van der Waals surface area (Å²) in [5, 5.41) is 3.56. The van der Waals surface area contributed by atoms with Gasteiger partial charge in [-0.25, -0.2) is 8.42 Å². The van der Waals surface area contributed by atoms with E-state index in [1.165, 1.54) is 4.31 Å². The van der Waals surface area contributed by atoms with Gasteiger partial charge in [-0.3, -0.25) is 9.10 Å². The Morgan fingerprint density at radius 1 is 1.12 bits per heavy atom. The molecule has 2 aromatic rings. The van der Waals surface area contributed by atoms with Gasteiger partial charge in [0.25, 0.3) is 0 Å². The van der Waals surface area contributed by atoms with Crippen molar-refractivity contribution in [3.63, 3.8) is 0 Å². The van der Waals surface area contributed by atoms with E-state index in [4.69, 9.17) is 11.6 Å². The van der Waals surface area contributed by atoms with E-state index in [0.717, 1.165) is 17.0 Å². The van der Waals surface area contributed by atoms with Crippen LogP contribution >= 0.6 is 11.6 Å². The van der Waals surface area contributed by atoms with Crippen LogP contribution in [0.15, 0.2) is 48.5 Å². The summed E-state index contributed by atoms with van der Waals surface area (Å²) in [6.45, 7) is 0.510. The number of nitrogens with zero attached hydrogens (tertiary/aromatic N) is 1. The van der Waals surface area contributed by atoms with Crippen molar-refractivity contribution in [1.29, 1.82) is 0 Å². The van der Waals surface area contributed by atoms with E-state index in [9.17, 15) is 13.2 Å². The Kier molecular flexibility index (Phi) is 5.84. The molecule has 5 nitrogen and oxygen atoms in total. The van der Waals surface area contributed by atoms with E-state index < -0.39 is 10.0 Å². The number of rotatable bonds is 6. The monoisotopic (exact) mass is 392 g/mol. The van der Waals surface area contributed by atoms with E-state index in [2.05, 4.69) is 5.32 Å². The van der Waals surface area contributed by atoms with Crippen molar-refractivity contribution in [3.8, 4) is 0 Å². The van der Waals surface area contributed by atoms with Crippen molar-refractivity contribution in [2.45, 2.75) is 25.7 Å². The standard InChI is InChI=1S/C19H21ClN2O3S/c20-18-7-2-1-5-15(18)6-3-8-19(23)21-16-9-11-17(12-10-16)22-13-4-14-26(22,24)25/h1-2,5,7,9-12H,3-4,6,8,13-14H2,(H,21,23). The molecule has 0 spiro atoms. The van der Waals surface area contributed by atoms with Crippen LogP contribution in [0, 0.1) is 0 Å². The minimum atomic E-state index is -3.18. The fraction of sp³-hybridized carbons (Fsp3) is 0.316. The van der Waals surface area contributed by atoms with E-state index in [-0.39, 0.29) is 11.7 Å². The smallest absolute Gasteiger partial charge is 0.235 e. The summed E-state index contributed by atoms with van der Waals surface area (Å²) in [5.74, 6) is 0.121. The van der Waals surface area contributed by atoms with Gasteiger partial charge >= 0.3 is 0 Å². The van der Waals surface area contributed by atoms with Crippen molar-refractivity contribution >= 4 is 38.9 Å². The molecular weight excluding hydrogens is 372 g/mol. The molecule has 26 heavy (non-hydrogen) atoms. The molecule has 1 saturated heterocycles. The molecule has 0 aromatic heterocycles. The minimum Gasteiger partial charge on any atom is -0.326 e. The molecule has 0 unspecified atom stereocenters. The van der Waals surface area contributed by atoms with E-state index in [0.29, 0.717) is 37.2 Å². The van der Waals surface area contributed by atoms with Crippen LogP contribution < -0.4 is 9.62 Å². The average molecular weight is 393 g/mol. The largest absolute Gasteiger partial charge is 0.326 e. The summed E-state index contributed by atoms with van der Waals surface area (Å²) < 4.78 is 25.3. The number of nitrogens with one attached hydrogen (secondary N) is 1. The molecule has 3 rings (SSSR count). The number of carbonyl (C=O) groups is 1. The maximum Gasteiger partial charge on any atom is 0.235 e. The summed E-state index contributed by atoms with van der Waals surface area (Å²) in [6.07, 6.45) is 2.50. The lowest BCUT2D eigenvalue weighted by Crippen LogP contribution is -2.24. The lowest BCUT2D eigenvalue weighted by Gasteiger charge is -2.17. The highest BCUT2D eigenvalue weighted by Crippen LogP contribution is 2.25. The van der Waals surface area contributed by atoms with Gasteiger partial charge < -0.3 is 5.32 Å². The normalized spacial score (nSPS) is 15.8. The van der Waals surface area contributed by atoms with Crippen LogP contribution in [0.4, 0.5) is 11.4 Å². The number of hydrogen-bond donors (Lipinski definition) is 1. The Balaban J connectivity index is 1.51. The zero-order valence-corrected chi connectivity index (χ0v) is 15.9. The summed E-state index contributed by atoms with van der Waals surface area (Å²) in [7, 11) is -3.18. The topological polar surface area (TPSA) is 66.5 Å². The molecular formula is C19H21ClN2O3S. The van der Waals surface area contributed by atoms with Crippen LogP contribution in [-0.2, 0) is 21.2 Å². The van der Waals surface area contributed by atoms with E-state index in [1.54, 1.807) is 24.3 Å². The summed E-state index contributed by atoms with van der Waals surface area (Å²) in [6, 6.07) is 14.5. The molecule has 2 aromatic carbocycles. The van der Waals surface area contributed by atoms with Gasteiger partial charge in [-0.1, -0.05) is 29.8 Å². The van der Waals surface area contributed by atoms with Crippen molar-refractivity contribution in [3.05, 3.63) is 59.1 Å². The number of amides is 1. The molecule has 0 bridgehead atoms. The van der Waals surface area contributed by atoms with Gasteiger partial charge in [-0.15, -0.1) is 0 Å². The minimum absolute atomic E-state index is 0.0707. The van der Waals surface area contributed by atoms with Crippen molar-refractivity contribution < 1.29 is 13.2 Å². The number of aryl methyl sites for hydroxylation is 1. The van der Waals surface area contributed by atoms with Gasteiger partial charge in [-0.2, -0.15) is 0 Å². The first-order valence-electron chi connectivity index (χ1n) is 8.59. The molecule has 1 N–H and O–H groups in total. The fourth-order valence-electron chi connectivity index (χ4n) is 3.00. The van der Waals surface area contributed by atoms with Gasteiger partial charge in [0.15, 0.2) is 0 Å². The summed E-state index contributed by atoms with van der Waals surface area (Å²) in [5.41, 5.74) is 2.34. The molecule has 138 valence electrons. The second-order valence-electron chi connectivity index (χ2n) is 6.28. The molecule has 0 radical (unpaired) electrons. The second kappa shape index (κ2) is 8.10. The first-order valence-corrected chi connectivity index (χ1v) is 10.6. The van der Waals surface area contributed by atoms with Gasteiger partial charge in [-0.05, 0) is 55.2 Å². The van der Waals surface area contributed by atoms with Crippen molar-refractivity contribution in [2.24, 2.45) is 0 Å². The maximum absolute atomic E-state index is 12.1. The zero-order valence-electron chi connectivity index (χ0n) is 14.3. The van der Waals surface area contributed by atoms with Crippen LogP contribution in [0.3, 0.4) is 0 Å². The van der Waals surface area contributed by atoms with Gasteiger partial charge in [0.1, 0.15) is 0 Å². The quantitative estimate of drug-likeness (QED) is 0.812. The van der Waals surface area contributed by atoms with Crippen LogP contribution in [0.25, 0.3) is 0 Å². The molecule has 0 saturated carbocycles. The van der Waals surface area contributed by atoms with Crippen LogP contribution in [-0.4, -0.2) is 26.6 Å². The first kappa shape index (κ1) is 18.7. The molecule has 1 aliphatic heterocycles. The van der Waals surface area contributed by atoms with Gasteiger partial charge in [0.05, 0.1) is 11.4 Å². The van der Waals surface area contributed by atoms with Crippen LogP contribution in [0.1, 0.15) is 24.8 Å². The predicted octanol–water partition coefficient (Wildman–Crippen LogP) is 3.84. The lowest BCUT2D eigenvalue weighted by molar-refractivity contribution is -0.116. The van der Waals surface area contributed by atoms with Gasteiger partial charge in [0, 0.05) is 23.7 Å². The SMILES string of the molecule is O=C(CCCc1ccccc1Cl)Nc1ccc(N2CCCS2(=O)=O)cc1. The number of benzene rings is 2. The number of hydrogen-bond acceptors (Lipinski definition) is 3. The third-order valence-electron chi connectivity index (χ3n) is 4.35. The van der Waals surface area contributed by atoms with E-state index >= 15 is 0 Å². The molecule has 1 aliphatic rings. The zero-order chi connectivity index (χ0) is 18.6. The van der Waals surface area contributed by atoms with E-state index in [1.807, 2.05) is 24.3 Å². The Labute approximate surface area is 159 Å². The molecule has 1 heterocycles. The average Bonchev–Trinajstić information content (AvgIpc) is 2.96. The van der Waals surface area contributed by atoms with Crippen molar-refractivity contribution in [1.82, 2.24) is 0 Å². The number of halogens is 1.